The van der Waals surface area contributed by atoms with Gasteiger partial charge in [0.25, 0.3) is 0 Å². The molecule has 320 valence electrons. The van der Waals surface area contributed by atoms with Gasteiger partial charge < -0.3 is 14.4 Å². The molecule has 0 aliphatic carbocycles. The fraction of sp³-hybridized carbons (Fsp3) is 0. The van der Waals surface area contributed by atoms with Crippen LogP contribution in [-0.4, -0.2) is 20.4 Å². The van der Waals surface area contributed by atoms with Crippen LogP contribution in [0.2, 0.25) is 0 Å². The quantitative estimate of drug-likeness (QED) is 0.107. The third-order valence-electron chi connectivity index (χ3n) is 9.56. The summed E-state index contributed by atoms with van der Waals surface area (Å²) in [5.41, 5.74) is 0. The third kappa shape index (κ3) is 16.2. The molecule has 0 radical (unpaired) electrons. The summed E-state index contributed by atoms with van der Waals surface area (Å²) in [7, 11) is -2.63. The second-order valence-corrected chi connectivity index (χ2v) is 20.9. The molecule has 0 aromatic heterocycles. The van der Waals surface area contributed by atoms with Crippen LogP contribution >= 0.6 is 23.8 Å². The molecule has 3 nitrogen and oxygen atoms in total. The van der Waals surface area contributed by atoms with Gasteiger partial charge in [-0.2, -0.15) is 0 Å². The molecule has 64 heavy (non-hydrogen) atoms. The summed E-state index contributed by atoms with van der Waals surface area (Å²) in [6.07, 6.45) is 0. The van der Waals surface area contributed by atoms with E-state index in [2.05, 4.69) is 273 Å². The van der Waals surface area contributed by atoms with Gasteiger partial charge in [-0.15, -0.1) is 0 Å². The predicted octanol–water partition coefficient (Wildman–Crippen LogP) is 8.97. The van der Waals surface area contributed by atoms with Crippen molar-refractivity contribution in [1.82, 2.24) is 0 Å². The first kappa shape index (κ1) is 52.2. The maximum absolute atomic E-state index is 8.00. The molecule has 0 unspecified atom stereocenters. The maximum atomic E-state index is 8.00. The van der Waals surface area contributed by atoms with Crippen molar-refractivity contribution in [1.29, 1.82) is 0 Å². The van der Waals surface area contributed by atoms with E-state index in [0.717, 1.165) is 0 Å². The van der Waals surface area contributed by atoms with Gasteiger partial charge in [-0.3, -0.25) is 0 Å². The molecule has 0 N–H and O–H groups in total. The molecule has 0 spiro atoms. The fourth-order valence-corrected chi connectivity index (χ4v) is 14.7. The molecular formula is C57H54O3P3Ru+3. The van der Waals surface area contributed by atoms with Crippen molar-refractivity contribution in [2.24, 2.45) is 0 Å². The Labute approximate surface area is 396 Å². The van der Waals surface area contributed by atoms with E-state index in [1.54, 1.807) is 0 Å². The topological polar surface area (TPSA) is 51.2 Å². The van der Waals surface area contributed by atoms with Crippen LogP contribution < -0.4 is 47.7 Å². The van der Waals surface area contributed by atoms with Crippen LogP contribution in [0.1, 0.15) is 0 Å². The van der Waals surface area contributed by atoms with Gasteiger partial charge in [-0.25, -0.2) is 0 Å². The standard InChI is InChI=1S/3C18H15P.3CH2O.Ru/c3*1-4-10-16(11-5-1)19(17-12-6-2-7-13-17)18-14-8-3-9-15-18;3*1-2;/h3*1-15H;3*1H2;/p+3. The number of hydrogen-bond donors (Lipinski definition) is 0. The molecule has 0 fully saturated rings. The van der Waals surface area contributed by atoms with Crippen LogP contribution in [0, 0.1) is 0 Å². The third-order valence-corrected chi connectivity index (χ3v) is 17.8. The van der Waals surface area contributed by atoms with Gasteiger partial charge in [0.1, 0.15) is 68.1 Å². The molecule has 7 heteroatoms. The summed E-state index contributed by atoms with van der Waals surface area (Å²) < 4.78 is 0. The molecule has 9 aromatic rings. The van der Waals surface area contributed by atoms with E-state index < -0.39 is 23.8 Å². The van der Waals surface area contributed by atoms with Crippen LogP contribution in [0.25, 0.3) is 0 Å². The summed E-state index contributed by atoms with van der Waals surface area (Å²) in [5.74, 6) is 0. The minimum atomic E-state index is -0.877. The second kappa shape index (κ2) is 31.7. The smallest absolute Gasteiger partial charge is 0.106 e. The second-order valence-electron chi connectivity index (χ2n) is 13.4. The van der Waals surface area contributed by atoms with Gasteiger partial charge in [0, 0.05) is 19.5 Å². The Balaban J connectivity index is 0.000000239. The van der Waals surface area contributed by atoms with Gasteiger partial charge in [0.05, 0.1) is 23.8 Å². The van der Waals surface area contributed by atoms with E-state index in [9.17, 15) is 0 Å². The van der Waals surface area contributed by atoms with Gasteiger partial charge in [0.2, 0.25) is 0 Å². The Morgan fingerprint density at radius 2 is 0.250 bits per heavy atom. The van der Waals surface area contributed by atoms with Crippen molar-refractivity contribution < 1.29 is 33.9 Å². The molecule has 9 rings (SSSR count). The average Bonchev–Trinajstić information content (AvgIpc) is 3.39. The van der Waals surface area contributed by atoms with E-state index in [1.165, 1.54) is 47.7 Å². The van der Waals surface area contributed by atoms with E-state index in [0.29, 0.717) is 0 Å². The molecule has 0 atom stereocenters. The van der Waals surface area contributed by atoms with E-state index in [1.807, 2.05) is 20.4 Å². The van der Waals surface area contributed by atoms with E-state index >= 15 is 0 Å². The predicted molar refractivity (Wildman–Crippen MR) is 281 cm³/mol. The van der Waals surface area contributed by atoms with Gasteiger partial charge in [-0.1, -0.05) is 164 Å². The number of carbonyl (C=O) groups excluding carboxylic acids is 3. The number of benzene rings is 9. The molecule has 0 bridgehead atoms. The Morgan fingerprint density at radius 1 is 0.172 bits per heavy atom. The first-order valence-electron chi connectivity index (χ1n) is 20.3. The zero-order valence-corrected chi connectivity index (χ0v) is 40.4. The molecule has 0 aliphatic heterocycles. The number of rotatable bonds is 9. The zero-order valence-electron chi connectivity index (χ0n) is 35.7. The van der Waals surface area contributed by atoms with Crippen molar-refractivity contribution >= 4 is 91.9 Å². The van der Waals surface area contributed by atoms with E-state index in [-0.39, 0.29) is 19.5 Å². The largest absolute Gasteiger partial charge is 0.307 e. The first-order chi connectivity index (χ1) is 31.3. The van der Waals surface area contributed by atoms with Crippen molar-refractivity contribution in [3.63, 3.8) is 0 Å². The maximum Gasteiger partial charge on any atom is 0.106 e. The van der Waals surface area contributed by atoms with Crippen LogP contribution in [-0.2, 0) is 33.9 Å². The summed E-state index contributed by atoms with van der Waals surface area (Å²) in [4.78, 5) is 24.0. The summed E-state index contributed by atoms with van der Waals surface area (Å²) >= 11 is 0. The number of hydrogen-bond acceptors (Lipinski definition) is 3. The van der Waals surface area contributed by atoms with Gasteiger partial charge in [0.15, 0.2) is 0 Å². The summed E-state index contributed by atoms with van der Waals surface area (Å²) in [6.45, 7) is 6.00. The van der Waals surface area contributed by atoms with Crippen LogP contribution in [0.15, 0.2) is 273 Å². The Hall–Kier alpha value is -6.10. The molecule has 0 heterocycles. The van der Waals surface area contributed by atoms with Crippen LogP contribution in [0.3, 0.4) is 0 Å². The average molecular weight is 981 g/mol. The molecule has 0 amide bonds. The molecule has 9 aromatic carbocycles. The zero-order chi connectivity index (χ0) is 44.7. The molecule has 0 aliphatic rings. The van der Waals surface area contributed by atoms with Gasteiger partial charge in [-0.05, 0) is 109 Å². The molecule has 0 saturated carbocycles. The minimum Gasteiger partial charge on any atom is -0.307 e. The van der Waals surface area contributed by atoms with Gasteiger partial charge >= 0.3 is 0 Å². The molecule has 0 saturated heterocycles. The monoisotopic (exact) mass is 981 g/mol. The first-order valence-corrected chi connectivity index (χ1v) is 24.8. The minimum absolute atomic E-state index is 0. The van der Waals surface area contributed by atoms with Crippen molar-refractivity contribution in [3.05, 3.63) is 273 Å². The van der Waals surface area contributed by atoms with Crippen molar-refractivity contribution in [2.45, 2.75) is 0 Å². The number of carbonyl (C=O) groups is 3. The fourth-order valence-electron chi connectivity index (χ4n) is 6.94. The Morgan fingerprint density at radius 3 is 0.328 bits per heavy atom. The summed E-state index contributed by atoms with van der Waals surface area (Å²) in [6, 6.07) is 97.5. The molecular weight excluding hydrogens is 927 g/mol. The normalized spacial score (nSPS) is 9.61. The van der Waals surface area contributed by atoms with E-state index in [4.69, 9.17) is 14.4 Å². The van der Waals surface area contributed by atoms with Crippen molar-refractivity contribution in [3.8, 4) is 0 Å². The SMILES string of the molecule is C=O.C=O.C=O.[Ru].c1ccc([PH+](c2ccccc2)c2ccccc2)cc1.c1ccc([PH+](c2ccccc2)c2ccccc2)cc1.c1ccc([PH+](c2ccccc2)c2ccccc2)cc1. The summed E-state index contributed by atoms with van der Waals surface area (Å²) in [5, 5.41) is 12.9. The van der Waals surface area contributed by atoms with Crippen LogP contribution in [0.5, 0.6) is 0 Å². The Kier molecular flexibility index (Phi) is 25.9. The van der Waals surface area contributed by atoms with Crippen molar-refractivity contribution in [2.75, 3.05) is 0 Å². The Bertz CT molecular complexity index is 1930. The van der Waals surface area contributed by atoms with Crippen LogP contribution in [0.4, 0.5) is 0 Å².